The summed E-state index contributed by atoms with van der Waals surface area (Å²) in [5.41, 5.74) is 7.08. The molecule has 0 bridgehead atoms. The largest absolute Gasteiger partial charge is 0.496 e. The zero-order valence-electron chi connectivity index (χ0n) is 12.6. The van der Waals surface area contributed by atoms with Crippen molar-refractivity contribution in [1.82, 2.24) is 5.32 Å². The van der Waals surface area contributed by atoms with Crippen molar-refractivity contribution in [2.75, 3.05) is 20.2 Å². The highest BCUT2D eigenvalue weighted by Gasteiger charge is 2.16. The molecule has 1 saturated carbocycles. The molecule has 0 heterocycles. The Hall–Kier alpha value is -1.23. The maximum Gasteiger partial charge on any atom is 0.188 e. The number of nitrogens with zero attached hydrogens (tertiary/aromatic N) is 1. The Bertz CT molecular complexity index is 486. The summed E-state index contributed by atoms with van der Waals surface area (Å²) in [5.74, 6) is 2.26. The van der Waals surface area contributed by atoms with Gasteiger partial charge in [-0.05, 0) is 49.3 Å². The van der Waals surface area contributed by atoms with Crippen LogP contribution in [0.5, 0.6) is 5.75 Å². The summed E-state index contributed by atoms with van der Waals surface area (Å²) >= 11 is 3.45. The van der Waals surface area contributed by atoms with Gasteiger partial charge in [0.15, 0.2) is 5.96 Å². The molecule has 0 aromatic heterocycles. The molecule has 1 aliphatic carbocycles. The molecule has 5 heteroatoms. The van der Waals surface area contributed by atoms with Gasteiger partial charge in [-0.25, -0.2) is 0 Å². The molecule has 2 rings (SSSR count). The second-order valence-corrected chi connectivity index (χ2v) is 6.43. The lowest BCUT2D eigenvalue weighted by Crippen LogP contribution is -2.33. The van der Waals surface area contributed by atoms with Crippen LogP contribution in [0.4, 0.5) is 0 Å². The van der Waals surface area contributed by atoms with E-state index in [-0.39, 0.29) is 0 Å². The van der Waals surface area contributed by atoms with E-state index in [9.17, 15) is 0 Å². The van der Waals surface area contributed by atoms with E-state index in [1.54, 1.807) is 7.11 Å². The molecule has 4 nitrogen and oxygen atoms in total. The molecule has 1 aliphatic rings. The number of hydrogen-bond donors (Lipinski definition) is 2. The van der Waals surface area contributed by atoms with Gasteiger partial charge >= 0.3 is 0 Å². The normalized spacial score (nSPS) is 15.6. The summed E-state index contributed by atoms with van der Waals surface area (Å²) in [5, 5.41) is 3.18. The molecule has 116 valence electrons. The van der Waals surface area contributed by atoms with Crippen molar-refractivity contribution in [2.24, 2.45) is 16.6 Å². The fourth-order valence-corrected chi connectivity index (χ4v) is 2.72. The van der Waals surface area contributed by atoms with E-state index in [0.717, 1.165) is 42.1 Å². The van der Waals surface area contributed by atoms with Crippen molar-refractivity contribution in [2.45, 2.75) is 32.1 Å². The molecular formula is C16H24BrN3O. The van der Waals surface area contributed by atoms with E-state index in [1.165, 1.54) is 24.8 Å². The molecule has 1 fully saturated rings. The predicted molar refractivity (Wildman–Crippen MR) is 90.8 cm³/mol. The summed E-state index contributed by atoms with van der Waals surface area (Å²) in [6, 6.07) is 6.13. The fourth-order valence-electron chi connectivity index (χ4n) is 2.38. The first-order chi connectivity index (χ1) is 10.2. The van der Waals surface area contributed by atoms with E-state index in [2.05, 4.69) is 32.3 Å². The predicted octanol–water partition coefficient (Wildman–Crippen LogP) is 3.09. The molecule has 3 N–H and O–H groups in total. The molecule has 1 aromatic carbocycles. The van der Waals surface area contributed by atoms with E-state index >= 15 is 0 Å². The number of aryl methyl sites for hydroxylation is 1. The minimum atomic E-state index is 0.574. The SMILES string of the molecule is COc1cc(Br)ccc1CCCNC(N)=NCC1CCC1. The third-order valence-electron chi connectivity index (χ3n) is 3.92. The second-order valence-electron chi connectivity index (χ2n) is 5.51. The summed E-state index contributed by atoms with van der Waals surface area (Å²) in [6.07, 6.45) is 5.92. The molecule has 0 unspecified atom stereocenters. The van der Waals surface area contributed by atoms with Crippen molar-refractivity contribution in [1.29, 1.82) is 0 Å². The number of rotatable bonds is 7. The Labute approximate surface area is 135 Å². The first-order valence-electron chi connectivity index (χ1n) is 7.55. The van der Waals surface area contributed by atoms with E-state index in [1.807, 2.05) is 12.1 Å². The first-order valence-corrected chi connectivity index (χ1v) is 8.34. The lowest BCUT2D eigenvalue weighted by Gasteiger charge is -2.23. The van der Waals surface area contributed by atoms with Crippen molar-refractivity contribution in [3.63, 3.8) is 0 Å². The average Bonchev–Trinajstić information content (AvgIpc) is 2.43. The van der Waals surface area contributed by atoms with Gasteiger partial charge in [-0.2, -0.15) is 0 Å². The molecule has 0 atom stereocenters. The van der Waals surface area contributed by atoms with Gasteiger partial charge in [0.2, 0.25) is 0 Å². The Kier molecular flexibility index (Phi) is 6.36. The van der Waals surface area contributed by atoms with Crippen LogP contribution in [0.2, 0.25) is 0 Å². The van der Waals surface area contributed by atoms with Crippen LogP contribution >= 0.6 is 15.9 Å². The lowest BCUT2D eigenvalue weighted by molar-refractivity contribution is 0.326. The maximum atomic E-state index is 5.86. The van der Waals surface area contributed by atoms with Crippen LogP contribution in [0.1, 0.15) is 31.2 Å². The summed E-state index contributed by atoms with van der Waals surface area (Å²) in [6.45, 7) is 1.71. The monoisotopic (exact) mass is 353 g/mol. The van der Waals surface area contributed by atoms with Gasteiger partial charge in [0, 0.05) is 17.6 Å². The number of guanidine groups is 1. The molecule has 21 heavy (non-hydrogen) atoms. The number of halogens is 1. The van der Waals surface area contributed by atoms with Crippen LogP contribution in [0.25, 0.3) is 0 Å². The topological polar surface area (TPSA) is 59.6 Å². The molecule has 0 aliphatic heterocycles. The molecular weight excluding hydrogens is 330 g/mol. The number of aliphatic imine (C=N–C) groups is 1. The molecule has 1 aromatic rings. The zero-order chi connectivity index (χ0) is 15.1. The lowest BCUT2D eigenvalue weighted by atomic mass is 9.86. The zero-order valence-corrected chi connectivity index (χ0v) is 14.2. The third-order valence-corrected chi connectivity index (χ3v) is 4.42. The first kappa shape index (κ1) is 16.1. The van der Waals surface area contributed by atoms with Crippen LogP contribution in [-0.4, -0.2) is 26.2 Å². The Morgan fingerprint density at radius 1 is 1.48 bits per heavy atom. The Balaban J connectivity index is 1.69. The number of benzene rings is 1. The molecule has 0 radical (unpaired) electrons. The van der Waals surface area contributed by atoms with E-state index < -0.39 is 0 Å². The van der Waals surface area contributed by atoms with E-state index in [0.29, 0.717) is 5.96 Å². The van der Waals surface area contributed by atoms with Gasteiger partial charge in [0.05, 0.1) is 7.11 Å². The minimum absolute atomic E-state index is 0.574. The molecule has 0 saturated heterocycles. The smallest absolute Gasteiger partial charge is 0.188 e. The van der Waals surface area contributed by atoms with Gasteiger partial charge in [-0.3, -0.25) is 4.99 Å². The van der Waals surface area contributed by atoms with Crippen LogP contribution in [0.15, 0.2) is 27.7 Å². The number of nitrogens with one attached hydrogen (secondary N) is 1. The van der Waals surface area contributed by atoms with Crippen molar-refractivity contribution < 1.29 is 4.74 Å². The van der Waals surface area contributed by atoms with Crippen LogP contribution in [0.3, 0.4) is 0 Å². The van der Waals surface area contributed by atoms with Gasteiger partial charge in [0.1, 0.15) is 5.75 Å². The summed E-state index contributed by atoms with van der Waals surface area (Å²) in [4.78, 5) is 4.39. The highest BCUT2D eigenvalue weighted by Crippen LogP contribution is 2.26. The van der Waals surface area contributed by atoms with Crippen LogP contribution in [-0.2, 0) is 6.42 Å². The summed E-state index contributed by atoms with van der Waals surface area (Å²) < 4.78 is 6.42. The van der Waals surface area contributed by atoms with Crippen molar-refractivity contribution in [3.8, 4) is 5.75 Å². The van der Waals surface area contributed by atoms with Gasteiger partial charge in [-0.1, -0.05) is 28.4 Å². The standard InChI is InChI=1S/C16H24BrN3O/c1-21-15-10-14(17)8-7-13(15)6-3-9-19-16(18)20-11-12-4-2-5-12/h7-8,10,12H,2-6,9,11H2,1H3,(H3,18,19,20). The summed E-state index contributed by atoms with van der Waals surface area (Å²) in [7, 11) is 1.70. The Morgan fingerprint density at radius 3 is 2.95 bits per heavy atom. The number of hydrogen-bond acceptors (Lipinski definition) is 2. The minimum Gasteiger partial charge on any atom is -0.496 e. The molecule has 0 spiro atoms. The van der Waals surface area contributed by atoms with Gasteiger partial charge < -0.3 is 15.8 Å². The fraction of sp³-hybridized carbons (Fsp3) is 0.562. The van der Waals surface area contributed by atoms with Crippen LogP contribution < -0.4 is 15.8 Å². The molecule has 0 amide bonds. The van der Waals surface area contributed by atoms with E-state index in [4.69, 9.17) is 10.5 Å². The Morgan fingerprint density at radius 2 is 2.29 bits per heavy atom. The quantitative estimate of drug-likeness (QED) is 0.449. The maximum absolute atomic E-state index is 5.86. The van der Waals surface area contributed by atoms with Gasteiger partial charge in [-0.15, -0.1) is 0 Å². The second kappa shape index (κ2) is 8.27. The van der Waals surface area contributed by atoms with Crippen molar-refractivity contribution in [3.05, 3.63) is 28.2 Å². The van der Waals surface area contributed by atoms with Crippen molar-refractivity contribution >= 4 is 21.9 Å². The van der Waals surface area contributed by atoms with Gasteiger partial charge in [0.25, 0.3) is 0 Å². The number of nitrogens with two attached hydrogens (primary N) is 1. The van der Waals surface area contributed by atoms with Crippen LogP contribution in [0, 0.1) is 5.92 Å². The average molecular weight is 354 g/mol. The number of ether oxygens (including phenoxy) is 1. The highest BCUT2D eigenvalue weighted by atomic mass is 79.9. The third kappa shape index (κ3) is 5.23. The number of methoxy groups -OCH3 is 1. The highest BCUT2D eigenvalue weighted by molar-refractivity contribution is 9.10.